The molecule has 0 aliphatic carbocycles. The van der Waals surface area contributed by atoms with Gasteiger partial charge in [0, 0.05) is 6.54 Å². The van der Waals surface area contributed by atoms with Crippen LogP contribution < -0.4 is 15.8 Å². The Morgan fingerprint density at radius 2 is 1.95 bits per heavy atom. The zero-order chi connectivity index (χ0) is 15.2. The van der Waals surface area contributed by atoms with Gasteiger partial charge in [0.2, 0.25) is 0 Å². The lowest BCUT2D eigenvalue weighted by molar-refractivity contribution is 0.0697. The number of ether oxygens (including phenoxy) is 1. The average molecular weight is 286 g/mol. The van der Waals surface area contributed by atoms with Gasteiger partial charge in [-0.05, 0) is 42.3 Å². The van der Waals surface area contributed by atoms with Crippen LogP contribution >= 0.6 is 0 Å². The van der Waals surface area contributed by atoms with Gasteiger partial charge < -0.3 is 20.9 Å². The molecule has 21 heavy (non-hydrogen) atoms. The number of benzene rings is 2. The summed E-state index contributed by atoms with van der Waals surface area (Å²) in [5.41, 5.74) is 8.39. The predicted octanol–water partition coefficient (Wildman–Crippen LogP) is 2.63. The third kappa shape index (κ3) is 3.89. The standard InChI is InChI=1S/C16H18N2O3/c1-21-13-5-2-11(3-6-13)8-9-18-15-7-4-12(16(19)20)10-14(15)17/h2-7,10,18H,8-9,17H2,1H3,(H,19,20). The molecule has 0 saturated carbocycles. The molecule has 0 saturated heterocycles. The summed E-state index contributed by atoms with van der Waals surface area (Å²) in [6.07, 6.45) is 0.837. The fourth-order valence-corrected chi connectivity index (χ4v) is 1.99. The molecule has 4 N–H and O–H groups in total. The van der Waals surface area contributed by atoms with E-state index in [-0.39, 0.29) is 5.56 Å². The molecule has 0 atom stereocenters. The second kappa shape index (κ2) is 6.65. The highest BCUT2D eigenvalue weighted by Gasteiger charge is 2.05. The number of anilines is 2. The van der Waals surface area contributed by atoms with Crippen molar-refractivity contribution in [2.45, 2.75) is 6.42 Å². The fraction of sp³-hybridized carbons (Fsp3) is 0.188. The number of nitrogen functional groups attached to an aromatic ring is 1. The molecule has 0 heterocycles. The smallest absolute Gasteiger partial charge is 0.335 e. The van der Waals surface area contributed by atoms with E-state index in [1.54, 1.807) is 13.2 Å². The van der Waals surface area contributed by atoms with Crippen LogP contribution in [0.15, 0.2) is 42.5 Å². The largest absolute Gasteiger partial charge is 0.497 e. The number of aromatic carboxylic acids is 1. The van der Waals surface area contributed by atoms with Crippen LogP contribution in [-0.4, -0.2) is 24.7 Å². The summed E-state index contributed by atoms with van der Waals surface area (Å²) >= 11 is 0. The molecule has 0 fully saturated rings. The van der Waals surface area contributed by atoms with Crippen LogP contribution in [0.4, 0.5) is 11.4 Å². The van der Waals surface area contributed by atoms with Gasteiger partial charge in [0.05, 0.1) is 24.0 Å². The molecule has 0 aliphatic rings. The number of hydrogen-bond donors (Lipinski definition) is 3. The molecule has 0 unspecified atom stereocenters. The third-order valence-electron chi connectivity index (χ3n) is 3.19. The molecular formula is C16H18N2O3. The maximum atomic E-state index is 10.8. The minimum absolute atomic E-state index is 0.188. The van der Waals surface area contributed by atoms with Gasteiger partial charge in [-0.1, -0.05) is 12.1 Å². The van der Waals surface area contributed by atoms with E-state index < -0.39 is 5.97 Å². The van der Waals surface area contributed by atoms with Crippen molar-refractivity contribution in [3.8, 4) is 5.75 Å². The zero-order valence-corrected chi connectivity index (χ0v) is 11.8. The summed E-state index contributed by atoms with van der Waals surface area (Å²) in [5.74, 6) is -0.147. The van der Waals surface area contributed by atoms with Crippen molar-refractivity contribution in [2.24, 2.45) is 0 Å². The number of carbonyl (C=O) groups is 1. The van der Waals surface area contributed by atoms with Crippen molar-refractivity contribution in [2.75, 3.05) is 24.7 Å². The van der Waals surface area contributed by atoms with E-state index in [4.69, 9.17) is 15.6 Å². The summed E-state index contributed by atoms with van der Waals surface area (Å²) < 4.78 is 5.11. The topological polar surface area (TPSA) is 84.6 Å². The number of methoxy groups -OCH3 is 1. The average Bonchev–Trinajstić information content (AvgIpc) is 2.49. The van der Waals surface area contributed by atoms with Gasteiger partial charge in [-0.25, -0.2) is 4.79 Å². The van der Waals surface area contributed by atoms with E-state index in [1.165, 1.54) is 17.7 Å². The first kappa shape index (κ1) is 14.7. The van der Waals surface area contributed by atoms with E-state index in [9.17, 15) is 4.79 Å². The van der Waals surface area contributed by atoms with Gasteiger partial charge in [0.15, 0.2) is 0 Å². The molecule has 5 nitrogen and oxygen atoms in total. The molecule has 0 bridgehead atoms. The number of carboxylic acids is 1. The van der Waals surface area contributed by atoms with Crippen LogP contribution in [0.2, 0.25) is 0 Å². The van der Waals surface area contributed by atoms with Crippen LogP contribution in [0.3, 0.4) is 0 Å². The van der Waals surface area contributed by atoms with Gasteiger partial charge in [-0.2, -0.15) is 0 Å². The first-order chi connectivity index (χ1) is 10.1. The van der Waals surface area contributed by atoms with E-state index in [2.05, 4.69) is 5.32 Å². The van der Waals surface area contributed by atoms with Gasteiger partial charge >= 0.3 is 5.97 Å². The molecule has 2 aromatic carbocycles. The first-order valence-electron chi connectivity index (χ1n) is 6.60. The summed E-state index contributed by atoms with van der Waals surface area (Å²) in [6.45, 7) is 0.711. The molecule has 0 spiro atoms. The van der Waals surface area contributed by atoms with Gasteiger partial charge in [0.1, 0.15) is 5.75 Å². The van der Waals surface area contributed by atoms with Gasteiger partial charge in [-0.15, -0.1) is 0 Å². The Hall–Kier alpha value is -2.69. The molecule has 2 aromatic rings. The summed E-state index contributed by atoms with van der Waals surface area (Å²) in [5, 5.41) is 12.1. The fourth-order valence-electron chi connectivity index (χ4n) is 1.99. The molecular weight excluding hydrogens is 268 g/mol. The van der Waals surface area contributed by atoms with Crippen LogP contribution in [0, 0.1) is 0 Å². The SMILES string of the molecule is COc1ccc(CCNc2ccc(C(=O)O)cc2N)cc1. The van der Waals surface area contributed by atoms with Crippen molar-refractivity contribution in [1.82, 2.24) is 0 Å². The predicted molar refractivity (Wildman–Crippen MR) is 83.0 cm³/mol. The van der Waals surface area contributed by atoms with Crippen molar-refractivity contribution in [3.63, 3.8) is 0 Å². The van der Waals surface area contributed by atoms with Gasteiger partial charge in [0.25, 0.3) is 0 Å². The Morgan fingerprint density at radius 1 is 1.24 bits per heavy atom. The summed E-state index contributed by atoms with van der Waals surface area (Å²) in [4.78, 5) is 10.8. The van der Waals surface area contributed by atoms with Crippen molar-refractivity contribution in [3.05, 3.63) is 53.6 Å². The molecule has 0 amide bonds. The molecule has 0 aliphatic heterocycles. The first-order valence-corrected chi connectivity index (χ1v) is 6.60. The lowest BCUT2D eigenvalue weighted by Gasteiger charge is -2.10. The summed E-state index contributed by atoms with van der Waals surface area (Å²) in [7, 11) is 1.64. The quantitative estimate of drug-likeness (QED) is 0.711. The van der Waals surface area contributed by atoms with E-state index in [0.717, 1.165) is 17.9 Å². The van der Waals surface area contributed by atoms with Crippen molar-refractivity contribution < 1.29 is 14.6 Å². The number of nitrogens with two attached hydrogens (primary N) is 1. The Morgan fingerprint density at radius 3 is 2.52 bits per heavy atom. The number of carboxylic acid groups (broad SMARTS) is 1. The minimum Gasteiger partial charge on any atom is -0.497 e. The molecule has 2 rings (SSSR count). The lowest BCUT2D eigenvalue weighted by atomic mass is 10.1. The third-order valence-corrected chi connectivity index (χ3v) is 3.19. The van der Waals surface area contributed by atoms with E-state index >= 15 is 0 Å². The highest BCUT2D eigenvalue weighted by atomic mass is 16.5. The molecule has 110 valence electrons. The van der Waals surface area contributed by atoms with Crippen LogP contribution in [0.5, 0.6) is 5.75 Å². The normalized spacial score (nSPS) is 10.1. The zero-order valence-electron chi connectivity index (χ0n) is 11.8. The highest BCUT2D eigenvalue weighted by molar-refractivity contribution is 5.90. The minimum atomic E-state index is -0.980. The monoisotopic (exact) mass is 286 g/mol. The van der Waals surface area contributed by atoms with Crippen LogP contribution in [0.25, 0.3) is 0 Å². The maximum Gasteiger partial charge on any atom is 0.335 e. The maximum absolute atomic E-state index is 10.8. The van der Waals surface area contributed by atoms with E-state index in [1.807, 2.05) is 24.3 Å². The molecule has 0 aromatic heterocycles. The Bertz CT molecular complexity index is 624. The Balaban J connectivity index is 1.92. The van der Waals surface area contributed by atoms with Crippen LogP contribution in [-0.2, 0) is 6.42 Å². The van der Waals surface area contributed by atoms with Crippen LogP contribution in [0.1, 0.15) is 15.9 Å². The molecule has 0 radical (unpaired) electrons. The van der Waals surface area contributed by atoms with E-state index in [0.29, 0.717) is 12.2 Å². The molecule has 5 heteroatoms. The Kier molecular flexibility index (Phi) is 4.66. The van der Waals surface area contributed by atoms with Gasteiger partial charge in [-0.3, -0.25) is 0 Å². The lowest BCUT2D eigenvalue weighted by Crippen LogP contribution is -2.08. The second-order valence-corrected chi connectivity index (χ2v) is 4.63. The number of rotatable bonds is 6. The number of nitrogens with one attached hydrogen (secondary N) is 1. The highest BCUT2D eigenvalue weighted by Crippen LogP contribution is 2.20. The number of hydrogen-bond acceptors (Lipinski definition) is 4. The Labute approximate surface area is 123 Å². The van der Waals surface area contributed by atoms with Crippen molar-refractivity contribution >= 4 is 17.3 Å². The summed E-state index contributed by atoms with van der Waals surface area (Å²) in [6, 6.07) is 12.5. The van der Waals surface area contributed by atoms with Crippen molar-refractivity contribution in [1.29, 1.82) is 0 Å². The second-order valence-electron chi connectivity index (χ2n) is 4.63.